The number of ether oxygens (including phenoxy) is 1. The van der Waals surface area contributed by atoms with E-state index in [1.807, 2.05) is 6.07 Å². The predicted octanol–water partition coefficient (Wildman–Crippen LogP) is 0.877. The van der Waals surface area contributed by atoms with Gasteiger partial charge in [0.25, 0.3) is 0 Å². The highest BCUT2D eigenvalue weighted by molar-refractivity contribution is 7.89. The smallest absolute Gasteiger partial charge is 0.238 e. The Morgan fingerprint density at radius 2 is 1.94 bits per heavy atom. The van der Waals surface area contributed by atoms with E-state index in [2.05, 4.69) is 20.2 Å². The molecule has 3 aromatic heterocycles. The van der Waals surface area contributed by atoms with Gasteiger partial charge in [0.2, 0.25) is 10.0 Å². The summed E-state index contributed by atoms with van der Waals surface area (Å²) in [5.74, 6) is 1.59. The zero-order chi connectivity index (χ0) is 21.6. The zero-order valence-electron chi connectivity index (χ0n) is 16.4. The van der Waals surface area contributed by atoms with Gasteiger partial charge in [-0.15, -0.1) is 5.10 Å². The van der Waals surface area contributed by atoms with Gasteiger partial charge in [-0.05, 0) is 23.8 Å². The van der Waals surface area contributed by atoms with Crippen LogP contribution in [-0.2, 0) is 14.8 Å². The molecule has 1 aliphatic rings. The molecule has 0 bridgehead atoms. The first kappa shape index (κ1) is 19.5. The van der Waals surface area contributed by atoms with Crippen LogP contribution in [0.2, 0.25) is 0 Å². The average Bonchev–Trinajstić information content (AvgIpc) is 3.41. The van der Waals surface area contributed by atoms with Crippen molar-refractivity contribution in [2.45, 2.75) is 4.90 Å². The van der Waals surface area contributed by atoms with Crippen molar-refractivity contribution in [3.63, 3.8) is 0 Å². The van der Waals surface area contributed by atoms with E-state index in [-0.39, 0.29) is 10.7 Å². The third-order valence-electron chi connectivity index (χ3n) is 5.17. The van der Waals surface area contributed by atoms with E-state index >= 15 is 0 Å². The van der Waals surface area contributed by atoms with Crippen LogP contribution >= 0.6 is 0 Å². The molecule has 11 nitrogen and oxygen atoms in total. The molecule has 1 aromatic carbocycles. The minimum Gasteiger partial charge on any atom is -0.382 e. The van der Waals surface area contributed by atoms with E-state index in [4.69, 9.17) is 20.6 Å². The number of fused-ring (bicyclic) bond motifs is 1. The van der Waals surface area contributed by atoms with Gasteiger partial charge in [0, 0.05) is 24.7 Å². The first-order valence-electron chi connectivity index (χ1n) is 9.57. The minimum atomic E-state index is -3.87. The van der Waals surface area contributed by atoms with Crippen LogP contribution in [0.1, 0.15) is 0 Å². The lowest BCUT2D eigenvalue weighted by Crippen LogP contribution is -2.36. The fourth-order valence-corrected chi connectivity index (χ4v) is 4.25. The number of anilines is 2. The van der Waals surface area contributed by atoms with Crippen molar-refractivity contribution in [3.05, 3.63) is 42.6 Å². The number of aromatic amines is 1. The third kappa shape index (κ3) is 3.50. The topological polar surface area (TPSA) is 158 Å². The van der Waals surface area contributed by atoms with Crippen LogP contribution in [0.25, 0.3) is 28.0 Å². The lowest BCUT2D eigenvalue weighted by Gasteiger charge is -2.28. The zero-order valence-corrected chi connectivity index (χ0v) is 17.2. The van der Waals surface area contributed by atoms with Gasteiger partial charge in [0.1, 0.15) is 5.82 Å². The van der Waals surface area contributed by atoms with Gasteiger partial charge in [-0.25, -0.2) is 18.5 Å². The Kier molecular flexibility index (Phi) is 4.61. The van der Waals surface area contributed by atoms with Crippen molar-refractivity contribution in [2.75, 3.05) is 36.9 Å². The fourth-order valence-electron chi connectivity index (χ4n) is 3.69. The predicted molar refractivity (Wildman–Crippen MR) is 115 cm³/mol. The molecule has 5 N–H and O–H groups in total. The molecule has 0 amide bonds. The highest BCUT2D eigenvalue weighted by Gasteiger charge is 2.22. The Balaban J connectivity index is 1.79. The maximum Gasteiger partial charge on any atom is 0.238 e. The summed E-state index contributed by atoms with van der Waals surface area (Å²) in [5, 5.41) is 17.3. The number of sulfonamides is 1. The van der Waals surface area contributed by atoms with Crippen molar-refractivity contribution in [1.82, 2.24) is 25.0 Å². The number of nitrogens with one attached hydrogen (secondary N) is 1. The summed E-state index contributed by atoms with van der Waals surface area (Å²) >= 11 is 0. The Bertz CT molecular complexity index is 1360. The van der Waals surface area contributed by atoms with Gasteiger partial charge in [0.05, 0.1) is 29.7 Å². The summed E-state index contributed by atoms with van der Waals surface area (Å²) in [6.45, 7) is 2.56. The summed E-state index contributed by atoms with van der Waals surface area (Å²) in [7, 11) is -3.87. The number of hydrogen-bond acceptors (Lipinski definition) is 8. The molecule has 0 unspecified atom stereocenters. The number of H-pyrrole nitrogens is 1. The standard InChI is InChI=1S/C19H20N8O3S/c20-18-17-14(12-2-1-3-13(10-12)31(21,28)29)11-16(26-6-8-30-9-7-26)23-19(17)27(25-18)15-4-5-22-24-15/h1-5,10-11H,6-9H2,(H2,20,25)(H,22,24)(H2,21,28,29). The Morgan fingerprint density at radius 1 is 1.13 bits per heavy atom. The van der Waals surface area contributed by atoms with Gasteiger partial charge in [-0.1, -0.05) is 12.1 Å². The van der Waals surface area contributed by atoms with Crippen molar-refractivity contribution in [2.24, 2.45) is 5.14 Å². The SMILES string of the molecule is Nc1nn(-c2ccn[nH]2)c2nc(N3CCOCC3)cc(-c3cccc(S(N)(=O)=O)c3)c12. The molecule has 0 atom stereocenters. The van der Waals surface area contributed by atoms with E-state index in [0.717, 1.165) is 0 Å². The van der Waals surface area contributed by atoms with Crippen LogP contribution in [0, 0.1) is 0 Å². The first-order chi connectivity index (χ1) is 14.9. The third-order valence-corrected chi connectivity index (χ3v) is 6.09. The summed E-state index contributed by atoms with van der Waals surface area (Å²) in [4.78, 5) is 6.96. The van der Waals surface area contributed by atoms with Crippen LogP contribution in [0.3, 0.4) is 0 Å². The van der Waals surface area contributed by atoms with Crippen molar-refractivity contribution >= 4 is 32.7 Å². The number of morpholine rings is 1. The van der Waals surface area contributed by atoms with E-state index in [9.17, 15) is 8.42 Å². The monoisotopic (exact) mass is 440 g/mol. The normalized spacial score (nSPS) is 14.9. The number of aromatic nitrogens is 5. The van der Waals surface area contributed by atoms with E-state index in [0.29, 0.717) is 60.1 Å². The molecule has 1 aliphatic heterocycles. The second kappa shape index (κ2) is 7.34. The molecule has 1 fully saturated rings. The molecular formula is C19H20N8O3S. The van der Waals surface area contributed by atoms with Crippen LogP contribution in [0.15, 0.2) is 47.5 Å². The van der Waals surface area contributed by atoms with Gasteiger partial charge in [-0.3, -0.25) is 5.10 Å². The molecule has 160 valence electrons. The number of rotatable bonds is 4. The molecule has 12 heteroatoms. The van der Waals surface area contributed by atoms with E-state index in [1.165, 1.54) is 12.1 Å². The molecule has 0 radical (unpaired) electrons. The van der Waals surface area contributed by atoms with Crippen LogP contribution in [0.4, 0.5) is 11.6 Å². The van der Waals surface area contributed by atoms with Crippen molar-refractivity contribution in [1.29, 1.82) is 0 Å². The number of pyridine rings is 1. The first-order valence-corrected chi connectivity index (χ1v) is 11.1. The maximum absolute atomic E-state index is 11.9. The van der Waals surface area contributed by atoms with Crippen LogP contribution in [0.5, 0.6) is 0 Å². The molecule has 0 aliphatic carbocycles. The average molecular weight is 440 g/mol. The molecule has 1 saturated heterocycles. The number of nitrogens with two attached hydrogens (primary N) is 2. The van der Waals surface area contributed by atoms with Crippen LogP contribution in [-0.4, -0.2) is 59.7 Å². The Labute approximate surface area is 177 Å². The Hall–Kier alpha value is -3.48. The second-order valence-electron chi connectivity index (χ2n) is 7.14. The van der Waals surface area contributed by atoms with Crippen molar-refractivity contribution < 1.29 is 13.2 Å². The van der Waals surface area contributed by atoms with E-state index in [1.54, 1.807) is 29.1 Å². The van der Waals surface area contributed by atoms with Gasteiger partial charge < -0.3 is 15.4 Å². The largest absolute Gasteiger partial charge is 0.382 e. The maximum atomic E-state index is 11.9. The number of hydrogen-bond donors (Lipinski definition) is 3. The Morgan fingerprint density at radius 3 is 2.65 bits per heavy atom. The molecule has 31 heavy (non-hydrogen) atoms. The molecule has 4 aromatic rings. The second-order valence-corrected chi connectivity index (χ2v) is 8.70. The molecule has 0 saturated carbocycles. The summed E-state index contributed by atoms with van der Waals surface area (Å²) in [6, 6.07) is 10.1. The number of primary sulfonamides is 1. The summed E-state index contributed by atoms with van der Waals surface area (Å²) in [5.41, 5.74) is 8.17. The quantitative estimate of drug-likeness (QED) is 0.422. The van der Waals surface area contributed by atoms with Crippen molar-refractivity contribution in [3.8, 4) is 16.9 Å². The number of nitrogens with zero attached hydrogens (tertiary/aromatic N) is 5. The van der Waals surface area contributed by atoms with Gasteiger partial charge in [0.15, 0.2) is 17.3 Å². The van der Waals surface area contributed by atoms with Gasteiger partial charge >= 0.3 is 0 Å². The van der Waals surface area contributed by atoms with Crippen LogP contribution < -0.4 is 15.8 Å². The van der Waals surface area contributed by atoms with E-state index < -0.39 is 10.0 Å². The number of benzene rings is 1. The highest BCUT2D eigenvalue weighted by Crippen LogP contribution is 2.36. The fraction of sp³-hybridized carbons (Fsp3) is 0.211. The molecule has 0 spiro atoms. The molecule has 5 rings (SSSR count). The highest BCUT2D eigenvalue weighted by atomic mass is 32.2. The summed E-state index contributed by atoms with van der Waals surface area (Å²) < 4.78 is 30.9. The summed E-state index contributed by atoms with van der Waals surface area (Å²) in [6.07, 6.45) is 1.61. The molecular weight excluding hydrogens is 420 g/mol. The lowest BCUT2D eigenvalue weighted by atomic mass is 10.0. The van der Waals surface area contributed by atoms with Gasteiger partial charge in [-0.2, -0.15) is 9.78 Å². The lowest BCUT2D eigenvalue weighted by molar-refractivity contribution is 0.122. The molecule has 4 heterocycles. The minimum absolute atomic E-state index is 0.0161. The number of nitrogen functional groups attached to an aromatic ring is 1.